The second kappa shape index (κ2) is 7.65. The van der Waals surface area contributed by atoms with Crippen molar-refractivity contribution in [3.63, 3.8) is 0 Å². The van der Waals surface area contributed by atoms with Gasteiger partial charge in [-0.1, -0.05) is 67.1 Å². The normalized spacial score (nSPS) is 11.2. The van der Waals surface area contributed by atoms with Gasteiger partial charge in [0.25, 0.3) is 5.91 Å². The van der Waals surface area contributed by atoms with E-state index in [0.29, 0.717) is 17.1 Å². The molecule has 2 rings (SSSR count). The predicted molar refractivity (Wildman–Crippen MR) is 89.1 cm³/mol. The minimum Gasteiger partial charge on any atom is -0.352 e. The van der Waals surface area contributed by atoms with Crippen molar-refractivity contribution in [3.05, 3.63) is 70.7 Å². The van der Waals surface area contributed by atoms with Crippen LogP contribution in [0.1, 0.15) is 24.5 Å². The van der Waals surface area contributed by atoms with Gasteiger partial charge in [-0.05, 0) is 29.7 Å². The maximum Gasteiger partial charge on any atom is 0.251 e. The molecule has 0 saturated carbocycles. The Morgan fingerprint density at radius 1 is 1.10 bits per heavy atom. The number of carbonyl (C=O) groups excluding carboxylic acids is 1. The van der Waals surface area contributed by atoms with Gasteiger partial charge < -0.3 is 5.32 Å². The number of rotatable bonds is 5. The summed E-state index contributed by atoms with van der Waals surface area (Å²) < 4.78 is 0. The molecule has 0 aromatic heterocycles. The van der Waals surface area contributed by atoms with Crippen molar-refractivity contribution < 1.29 is 4.79 Å². The van der Waals surface area contributed by atoms with Gasteiger partial charge in [0.1, 0.15) is 0 Å². The highest BCUT2D eigenvalue weighted by molar-refractivity contribution is 6.33. The Labute approximate surface area is 130 Å². The van der Waals surface area contributed by atoms with Gasteiger partial charge in [0.15, 0.2) is 0 Å². The molecule has 0 aliphatic heterocycles. The maximum atomic E-state index is 12.4. The SMILES string of the molecule is CCCNC(=O)/C(=C/c1ccccc1Cl)c1ccccc1. The van der Waals surface area contributed by atoms with Crippen molar-refractivity contribution >= 4 is 29.2 Å². The van der Waals surface area contributed by atoms with E-state index in [-0.39, 0.29) is 5.91 Å². The van der Waals surface area contributed by atoms with Crippen molar-refractivity contribution in [2.24, 2.45) is 0 Å². The monoisotopic (exact) mass is 299 g/mol. The van der Waals surface area contributed by atoms with Gasteiger partial charge in [-0.2, -0.15) is 0 Å². The van der Waals surface area contributed by atoms with E-state index < -0.39 is 0 Å². The second-order valence-electron chi connectivity index (χ2n) is 4.70. The highest BCUT2D eigenvalue weighted by Gasteiger charge is 2.12. The van der Waals surface area contributed by atoms with Crippen LogP contribution in [0.2, 0.25) is 5.02 Å². The molecule has 0 bridgehead atoms. The molecule has 0 fully saturated rings. The first-order valence-electron chi connectivity index (χ1n) is 7.02. The third-order valence-electron chi connectivity index (χ3n) is 3.07. The Balaban J connectivity index is 2.41. The van der Waals surface area contributed by atoms with Gasteiger partial charge >= 0.3 is 0 Å². The van der Waals surface area contributed by atoms with Crippen LogP contribution in [0.4, 0.5) is 0 Å². The predicted octanol–water partition coefficient (Wildman–Crippen LogP) is 4.41. The van der Waals surface area contributed by atoms with Crippen molar-refractivity contribution in [1.29, 1.82) is 0 Å². The van der Waals surface area contributed by atoms with Gasteiger partial charge in [-0.25, -0.2) is 0 Å². The quantitative estimate of drug-likeness (QED) is 0.643. The van der Waals surface area contributed by atoms with E-state index in [1.807, 2.05) is 67.6 Å². The number of nitrogens with one attached hydrogen (secondary N) is 1. The lowest BCUT2D eigenvalue weighted by Crippen LogP contribution is -2.24. The fraction of sp³-hybridized carbons (Fsp3) is 0.167. The fourth-order valence-corrected chi connectivity index (χ4v) is 2.17. The molecule has 1 N–H and O–H groups in total. The Morgan fingerprint density at radius 3 is 2.43 bits per heavy atom. The summed E-state index contributed by atoms with van der Waals surface area (Å²) in [6, 6.07) is 17.1. The summed E-state index contributed by atoms with van der Waals surface area (Å²) in [5, 5.41) is 3.55. The number of carbonyl (C=O) groups is 1. The molecule has 0 aliphatic rings. The van der Waals surface area contributed by atoms with Crippen molar-refractivity contribution in [2.45, 2.75) is 13.3 Å². The zero-order chi connectivity index (χ0) is 15.1. The van der Waals surface area contributed by atoms with E-state index in [1.54, 1.807) is 0 Å². The molecule has 0 heterocycles. The molecule has 3 heteroatoms. The Hall–Kier alpha value is -2.06. The highest BCUT2D eigenvalue weighted by Crippen LogP contribution is 2.23. The largest absolute Gasteiger partial charge is 0.352 e. The molecule has 2 aromatic carbocycles. The van der Waals surface area contributed by atoms with Crippen LogP contribution in [0.25, 0.3) is 11.6 Å². The van der Waals surface area contributed by atoms with Gasteiger partial charge in [-0.3, -0.25) is 4.79 Å². The van der Waals surface area contributed by atoms with Crippen molar-refractivity contribution in [2.75, 3.05) is 6.54 Å². The summed E-state index contributed by atoms with van der Waals surface area (Å²) >= 11 is 6.19. The summed E-state index contributed by atoms with van der Waals surface area (Å²) in [6.45, 7) is 2.69. The number of benzene rings is 2. The number of hydrogen-bond acceptors (Lipinski definition) is 1. The molecule has 1 amide bonds. The number of amides is 1. The zero-order valence-electron chi connectivity index (χ0n) is 12.0. The van der Waals surface area contributed by atoms with Crippen LogP contribution in [-0.2, 0) is 4.79 Å². The summed E-state index contributed by atoms with van der Waals surface area (Å²) in [7, 11) is 0. The average Bonchev–Trinajstić information content (AvgIpc) is 2.52. The summed E-state index contributed by atoms with van der Waals surface area (Å²) in [5.74, 6) is -0.0806. The van der Waals surface area contributed by atoms with Crippen LogP contribution in [0, 0.1) is 0 Å². The molecule has 0 radical (unpaired) electrons. The summed E-state index contributed by atoms with van der Waals surface area (Å²) in [5.41, 5.74) is 2.34. The topological polar surface area (TPSA) is 29.1 Å². The van der Waals surface area contributed by atoms with Crippen LogP contribution >= 0.6 is 11.6 Å². The van der Waals surface area contributed by atoms with E-state index in [0.717, 1.165) is 17.5 Å². The van der Waals surface area contributed by atoms with Gasteiger partial charge in [0, 0.05) is 17.1 Å². The van der Waals surface area contributed by atoms with Crippen LogP contribution in [0.3, 0.4) is 0 Å². The Kier molecular flexibility index (Phi) is 5.59. The van der Waals surface area contributed by atoms with Crippen LogP contribution < -0.4 is 5.32 Å². The molecule has 0 spiro atoms. The van der Waals surface area contributed by atoms with E-state index in [2.05, 4.69) is 5.32 Å². The number of hydrogen-bond donors (Lipinski definition) is 1. The lowest BCUT2D eigenvalue weighted by Gasteiger charge is -2.09. The van der Waals surface area contributed by atoms with Gasteiger partial charge in [0.05, 0.1) is 0 Å². The molecule has 0 atom stereocenters. The van der Waals surface area contributed by atoms with E-state index in [1.165, 1.54) is 0 Å². The first kappa shape index (κ1) is 15.3. The third-order valence-corrected chi connectivity index (χ3v) is 3.41. The fourth-order valence-electron chi connectivity index (χ4n) is 1.98. The lowest BCUT2D eigenvalue weighted by atomic mass is 10.0. The Morgan fingerprint density at radius 2 is 1.76 bits per heavy atom. The smallest absolute Gasteiger partial charge is 0.251 e. The second-order valence-corrected chi connectivity index (χ2v) is 5.11. The standard InChI is InChI=1S/C18H18ClNO/c1-2-12-20-18(21)16(14-8-4-3-5-9-14)13-15-10-6-7-11-17(15)19/h3-11,13H,2,12H2,1H3,(H,20,21)/b16-13+. The van der Waals surface area contributed by atoms with Gasteiger partial charge in [0.2, 0.25) is 0 Å². The highest BCUT2D eigenvalue weighted by atomic mass is 35.5. The lowest BCUT2D eigenvalue weighted by molar-refractivity contribution is -0.115. The molecule has 0 saturated heterocycles. The van der Waals surface area contributed by atoms with Crippen molar-refractivity contribution in [3.8, 4) is 0 Å². The maximum absolute atomic E-state index is 12.4. The molecule has 2 aromatic rings. The average molecular weight is 300 g/mol. The molecule has 2 nitrogen and oxygen atoms in total. The molecule has 0 aliphatic carbocycles. The third kappa shape index (κ3) is 4.20. The van der Waals surface area contributed by atoms with Crippen LogP contribution in [0.5, 0.6) is 0 Å². The van der Waals surface area contributed by atoms with E-state index in [9.17, 15) is 4.79 Å². The van der Waals surface area contributed by atoms with Crippen molar-refractivity contribution in [1.82, 2.24) is 5.32 Å². The van der Waals surface area contributed by atoms with E-state index >= 15 is 0 Å². The first-order chi connectivity index (χ1) is 10.2. The molecule has 21 heavy (non-hydrogen) atoms. The molecule has 108 valence electrons. The van der Waals surface area contributed by atoms with Crippen LogP contribution in [0.15, 0.2) is 54.6 Å². The Bertz CT molecular complexity index is 635. The summed E-state index contributed by atoms with van der Waals surface area (Å²) in [6.07, 6.45) is 2.74. The minimum atomic E-state index is -0.0806. The first-order valence-corrected chi connectivity index (χ1v) is 7.40. The van der Waals surface area contributed by atoms with Crippen LogP contribution in [-0.4, -0.2) is 12.5 Å². The van der Waals surface area contributed by atoms with Gasteiger partial charge in [-0.15, -0.1) is 0 Å². The van der Waals surface area contributed by atoms with E-state index in [4.69, 9.17) is 11.6 Å². The molecule has 0 unspecified atom stereocenters. The number of halogens is 1. The summed E-state index contributed by atoms with van der Waals surface area (Å²) in [4.78, 5) is 12.4. The molecular formula is C18H18ClNO. The minimum absolute atomic E-state index is 0.0806. The molecular weight excluding hydrogens is 282 g/mol. The zero-order valence-corrected chi connectivity index (χ0v) is 12.7.